The van der Waals surface area contributed by atoms with E-state index in [1.165, 1.54) is 5.56 Å². The molecule has 5 nitrogen and oxygen atoms in total. The summed E-state index contributed by atoms with van der Waals surface area (Å²) in [5, 5.41) is 0.229. The molecule has 120 valence electrons. The van der Waals surface area contributed by atoms with Gasteiger partial charge in [-0.15, -0.1) is 11.8 Å². The maximum Gasteiger partial charge on any atom is 0.255 e. The summed E-state index contributed by atoms with van der Waals surface area (Å²) in [6.45, 7) is 3.54. The smallest absolute Gasteiger partial charge is 0.255 e. The minimum Gasteiger partial charge on any atom is -0.336 e. The van der Waals surface area contributed by atoms with Crippen LogP contribution in [-0.2, 0) is 5.75 Å². The monoisotopic (exact) mass is 328 g/mol. The van der Waals surface area contributed by atoms with Crippen LogP contribution in [0.2, 0.25) is 0 Å². The molecule has 2 aromatic rings. The van der Waals surface area contributed by atoms with E-state index in [2.05, 4.69) is 33.8 Å². The van der Waals surface area contributed by atoms with Crippen LogP contribution in [0.5, 0.6) is 0 Å². The molecule has 1 atom stereocenters. The second kappa shape index (κ2) is 6.02. The van der Waals surface area contributed by atoms with Gasteiger partial charge in [-0.05, 0) is 19.2 Å². The van der Waals surface area contributed by atoms with Crippen molar-refractivity contribution in [2.45, 2.75) is 11.1 Å². The highest BCUT2D eigenvalue weighted by Crippen LogP contribution is 2.42. The Kier molecular flexibility index (Phi) is 3.87. The molecular weight excluding hydrogens is 308 g/mol. The van der Waals surface area contributed by atoms with Crippen LogP contribution in [0.15, 0.2) is 36.8 Å². The molecular formula is C17H20N4OS. The summed E-state index contributed by atoms with van der Waals surface area (Å²) in [4.78, 5) is 21.3. The highest BCUT2D eigenvalue weighted by Gasteiger charge is 2.30. The number of carbonyl (C=O) groups excluding carboxylic acids is 1. The third-order valence-corrected chi connectivity index (χ3v) is 5.90. The number of fused-ring (bicyclic) bond motifs is 1. The van der Waals surface area contributed by atoms with E-state index in [9.17, 15) is 4.79 Å². The Labute approximate surface area is 140 Å². The molecule has 4 heterocycles. The van der Waals surface area contributed by atoms with Gasteiger partial charge >= 0.3 is 0 Å². The molecule has 1 fully saturated rings. The van der Waals surface area contributed by atoms with Crippen molar-refractivity contribution in [3.8, 4) is 0 Å². The molecule has 0 radical (unpaired) electrons. The molecule has 0 N–H and O–H groups in total. The van der Waals surface area contributed by atoms with Gasteiger partial charge in [0.2, 0.25) is 0 Å². The standard InChI is InChI=1S/C17H20N4OS/c1-19-7-9-20(10-8-19)16(22)14-4-6-21-15(14)12-23-17(21)13-3-2-5-18-11-13/h2-6,11,17H,7-10,12H2,1H3. The predicted molar refractivity (Wildman–Crippen MR) is 91.5 cm³/mol. The van der Waals surface area contributed by atoms with Crippen molar-refractivity contribution in [3.63, 3.8) is 0 Å². The number of nitrogens with zero attached hydrogens (tertiary/aromatic N) is 4. The zero-order chi connectivity index (χ0) is 15.8. The van der Waals surface area contributed by atoms with Gasteiger partial charge in [0, 0.05) is 61.8 Å². The average molecular weight is 328 g/mol. The summed E-state index contributed by atoms with van der Waals surface area (Å²) in [6.07, 6.45) is 5.76. The molecule has 2 aliphatic rings. The van der Waals surface area contributed by atoms with Gasteiger partial charge in [-0.3, -0.25) is 9.78 Å². The van der Waals surface area contributed by atoms with Gasteiger partial charge in [-0.1, -0.05) is 6.07 Å². The number of pyridine rings is 1. The molecule has 23 heavy (non-hydrogen) atoms. The SMILES string of the molecule is CN1CCN(C(=O)c2ccn3c2CSC3c2cccnc2)CC1. The first kappa shape index (κ1) is 14.8. The third-order valence-electron chi connectivity index (χ3n) is 4.65. The lowest BCUT2D eigenvalue weighted by Crippen LogP contribution is -2.47. The highest BCUT2D eigenvalue weighted by molar-refractivity contribution is 7.99. The largest absolute Gasteiger partial charge is 0.336 e. The van der Waals surface area contributed by atoms with Crippen LogP contribution >= 0.6 is 11.8 Å². The molecule has 0 spiro atoms. The number of piperazine rings is 1. The van der Waals surface area contributed by atoms with Crippen molar-refractivity contribution in [3.05, 3.63) is 53.6 Å². The fraction of sp³-hybridized carbons (Fsp3) is 0.412. The third kappa shape index (κ3) is 2.66. The van der Waals surface area contributed by atoms with Gasteiger partial charge in [0.05, 0.1) is 5.56 Å². The van der Waals surface area contributed by atoms with Crippen LogP contribution in [0.1, 0.15) is 27.0 Å². The van der Waals surface area contributed by atoms with E-state index in [0.717, 1.165) is 43.2 Å². The number of thioether (sulfide) groups is 1. The van der Waals surface area contributed by atoms with E-state index in [0.29, 0.717) is 0 Å². The Balaban J connectivity index is 1.58. The topological polar surface area (TPSA) is 41.4 Å². The van der Waals surface area contributed by atoms with Gasteiger partial charge in [-0.2, -0.15) is 0 Å². The summed E-state index contributed by atoms with van der Waals surface area (Å²) >= 11 is 1.85. The summed E-state index contributed by atoms with van der Waals surface area (Å²) in [6, 6.07) is 6.05. The summed E-state index contributed by atoms with van der Waals surface area (Å²) in [7, 11) is 2.10. The Morgan fingerprint density at radius 2 is 2.09 bits per heavy atom. The van der Waals surface area contributed by atoms with Crippen LogP contribution in [0.25, 0.3) is 0 Å². The van der Waals surface area contributed by atoms with Crippen molar-refractivity contribution >= 4 is 17.7 Å². The first-order valence-electron chi connectivity index (χ1n) is 7.93. The van der Waals surface area contributed by atoms with Gasteiger partial charge in [-0.25, -0.2) is 0 Å². The van der Waals surface area contributed by atoms with Crippen molar-refractivity contribution < 1.29 is 4.79 Å². The van der Waals surface area contributed by atoms with Crippen molar-refractivity contribution in [1.82, 2.24) is 19.4 Å². The zero-order valence-corrected chi connectivity index (χ0v) is 14.0. The minimum atomic E-state index is 0.180. The maximum absolute atomic E-state index is 12.8. The first-order chi connectivity index (χ1) is 11.2. The Hall–Kier alpha value is -1.79. The summed E-state index contributed by atoms with van der Waals surface area (Å²) in [5.41, 5.74) is 3.20. The maximum atomic E-state index is 12.8. The first-order valence-corrected chi connectivity index (χ1v) is 8.98. The van der Waals surface area contributed by atoms with Crippen LogP contribution in [0.3, 0.4) is 0 Å². The average Bonchev–Trinajstić information content (AvgIpc) is 3.17. The lowest BCUT2D eigenvalue weighted by molar-refractivity contribution is 0.0663. The molecule has 2 aromatic heterocycles. The Morgan fingerprint density at radius 1 is 1.26 bits per heavy atom. The van der Waals surface area contributed by atoms with E-state index >= 15 is 0 Å². The number of hydrogen-bond acceptors (Lipinski definition) is 4. The van der Waals surface area contributed by atoms with Crippen molar-refractivity contribution in [2.24, 2.45) is 0 Å². The Bertz CT molecular complexity index is 707. The zero-order valence-electron chi connectivity index (χ0n) is 13.2. The second-order valence-electron chi connectivity index (χ2n) is 6.13. The molecule has 6 heteroatoms. The van der Waals surface area contributed by atoms with Gasteiger partial charge in [0.1, 0.15) is 5.37 Å². The van der Waals surface area contributed by atoms with Crippen LogP contribution in [-0.4, -0.2) is 58.5 Å². The van der Waals surface area contributed by atoms with Gasteiger partial charge in [0.25, 0.3) is 5.91 Å². The van der Waals surface area contributed by atoms with E-state index in [-0.39, 0.29) is 11.3 Å². The minimum absolute atomic E-state index is 0.180. The number of rotatable bonds is 2. The van der Waals surface area contributed by atoms with E-state index in [1.54, 1.807) is 6.20 Å². The number of hydrogen-bond donors (Lipinski definition) is 0. The lowest BCUT2D eigenvalue weighted by Gasteiger charge is -2.32. The fourth-order valence-electron chi connectivity index (χ4n) is 3.24. The summed E-state index contributed by atoms with van der Waals surface area (Å²) < 4.78 is 2.23. The quantitative estimate of drug-likeness (QED) is 0.846. The van der Waals surface area contributed by atoms with Crippen LogP contribution < -0.4 is 0 Å². The number of carbonyl (C=O) groups is 1. The molecule has 0 aliphatic carbocycles. The van der Waals surface area contributed by atoms with Crippen LogP contribution in [0.4, 0.5) is 0 Å². The normalized spacial score (nSPS) is 21.4. The number of likely N-dealkylation sites (N-methyl/N-ethyl adjacent to an activating group) is 1. The molecule has 4 rings (SSSR count). The lowest BCUT2D eigenvalue weighted by atomic mass is 10.2. The molecule has 1 unspecified atom stereocenters. The van der Waals surface area contributed by atoms with E-state index in [1.807, 2.05) is 35.0 Å². The Morgan fingerprint density at radius 3 is 2.83 bits per heavy atom. The van der Waals surface area contributed by atoms with Crippen molar-refractivity contribution in [2.75, 3.05) is 33.2 Å². The fourth-order valence-corrected chi connectivity index (χ4v) is 4.55. The van der Waals surface area contributed by atoms with Gasteiger partial charge < -0.3 is 14.4 Å². The molecule has 0 bridgehead atoms. The van der Waals surface area contributed by atoms with Gasteiger partial charge in [0.15, 0.2) is 0 Å². The summed E-state index contributed by atoms with van der Waals surface area (Å²) in [5.74, 6) is 1.06. The predicted octanol–water partition coefficient (Wildman–Crippen LogP) is 2.06. The molecule has 1 amide bonds. The van der Waals surface area contributed by atoms with E-state index in [4.69, 9.17) is 0 Å². The highest BCUT2D eigenvalue weighted by atomic mass is 32.2. The second-order valence-corrected chi connectivity index (χ2v) is 7.20. The molecule has 1 saturated heterocycles. The van der Waals surface area contributed by atoms with Crippen LogP contribution in [0, 0.1) is 0 Å². The molecule has 0 saturated carbocycles. The molecule has 0 aromatic carbocycles. The van der Waals surface area contributed by atoms with Crippen molar-refractivity contribution in [1.29, 1.82) is 0 Å². The molecule has 2 aliphatic heterocycles. The van der Waals surface area contributed by atoms with E-state index < -0.39 is 0 Å². The number of amides is 1. The number of aromatic nitrogens is 2.